The van der Waals surface area contributed by atoms with Gasteiger partial charge in [0.15, 0.2) is 0 Å². The number of rotatable bonds is 3. The van der Waals surface area contributed by atoms with E-state index in [1.54, 1.807) is 19.2 Å². The van der Waals surface area contributed by atoms with Crippen LogP contribution in [0.2, 0.25) is 5.02 Å². The summed E-state index contributed by atoms with van der Waals surface area (Å²) in [6, 6.07) is 4.58. The van der Waals surface area contributed by atoms with Gasteiger partial charge in [0.05, 0.1) is 17.3 Å². The van der Waals surface area contributed by atoms with Crippen molar-refractivity contribution in [3.8, 4) is 10.6 Å². The molecule has 0 N–H and O–H groups in total. The molecule has 0 bridgehead atoms. The SMILES string of the molecule is COCc1csc(-c2ccc(F)c(Cl)c2)n1. The molecular weight excluding hydrogens is 249 g/mol. The van der Waals surface area contributed by atoms with Gasteiger partial charge >= 0.3 is 0 Å². The lowest BCUT2D eigenvalue weighted by Crippen LogP contribution is -1.87. The Hall–Kier alpha value is -0.970. The van der Waals surface area contributed by atoms with Crippen LogP contribution in [0, 0.1) is 5.82 Å². The molecule has 0 saturated carbocycles. The molecule has 0 radical (unpaired) electrons. The average Bonchev–Trinajstić information content (AvgIpc) is 2.71. The van der Waals surface area contributed by atoms with E-state index in [1.165, 1.54) is 17.4 Å². The number of ether oxygens (including phenoxy) is 1. The molecule has 1 aromatic heterocycles. The first-order valence-electron chi connectivity index (χ1n) is 4.59. The molecule has 0 saturated heterocycles. The third kappa shape index (κ3) is 2.40. The van der Waals surface area contributed by atoms with E-state index in [0.29, 0.717) is 6.61 Å². The Morgan fingerprint density at radius 2 is 2.31 bits per heavy atom. The smallest absolute Gasteiger partial charge is 0.141 e. The van der Waals surface area contributed by atoms with Crippen molar-refractivity contribution in [3.63, 3.8) is 0 Å². The number of thiazole rings is 1. The number of hydrogen-bond donors (Lipinski definition) is 0. The minimum atomic E-state index is -0.418. The maximum atomic E-state index is 13.0. The summed E-state index contributed by atoms with van der Waals surface area (Å²) in [7, 11) is 1.62. The van der Waals surface area contributed by atoms with Crippen molar-refractivity contribution in [1.29, 1.82) is 0 Å². The van der Waals surface area contributed by atoms with Gasteiger partial charge in [-0.3, -0.25) is 0 Å². The fraction of sp³-hybridized carbons (Fsp3) is 0.182. The number of benzene rings is 1. The Balaban J connectivity index is 2.31. The van der Waals surface area contributed by atoms with Crippen molar-refractivity contribution in [2.24, 2.45) is 0 Å². The minimum absolute atomic E-state index is 0.112. The number of methoxy groups -OCH3 is 1. The topological polar surface area (TPSA) is 22.1 Å². The summed E-state index contributed by atoms with van der Waals surface area (Å²) in [5.74, 6) is -0.418. The van der Waals surface area contributed by atoms with Crippen molar-refractivity contribution in [2.45, 2.75) is 6.61 Å². The highest BCUT2D eigenvalue weighted by molar-refractivity contribution is 7.13. The number of halogens is 2. The summed E-state index contributed by atoms with van der Waals surface area (Å²) in [6.07, 6.45) is 0. The molecule has 0 atom stereocenters. The molecule has 84 valence electrons. The summed E-state index contributed by atoms with van der Waals surface area (Å²) >= 11 is 7.19. The Morgan fingerprint density at radius 1 is 1.50 bits per heavy atom. The zero-order valence-corrected chi connectivity index (χ0v) is 10.1. The molecule has 2 rings (SSSR count). The van der Waals surface area contributed by atoms with Crippen LogP contribution in [-0.4, -0.2) is 12.1 Å². The predicted octanol–water partition coefficient (Wildman–Crippen LogP) is 3.75. The van der Waals surface area contributed by atoms with Gasteiger partial charge in [-0.25, -0.2) is 9.37 Å². The monoisotopic (exact) mass is 257 g/mol. The molecule has 2 nitrogen and oxygen atoms in total. The van der Waals surface area contributed by atoms with E-state index in [2.05, 4.69) is 4.98 Å². The van der Waals surface area contributed by atoms with Crippen molar-refractivity contribution < 1.29 is 9.13 Å². The molecular formula is C11H9ClFNOS. The summed E-state index contributed by atoms with van der Waals surface area (Å²) in [4.78, 5) is 4.35. The molecule has 16 heavy (non-hydrogen) atoms. The maximum absolute atomic E-state index is 13.0. The normalized spacial score (nSPS) is 10.7. The van der Waals surface area contributed by atoms with E-state index in [0.717, 1.165) is 16.3 Å². The Labute approximate surface area is 102 Å². The number of hydrogen-bond acceptors (Lipinski definition) is 3. The van der Waals surface area contributed by atoms with Crippen molar-refractivity contribution in [3.05, 3.63) is 40.1 Å². The average molecular weight is 258 g/mol. The minimum Gasteiger partial charge on any atom is -0.378 e. The molecule has 0 unspecified atom stereocenters. The first kappa shape index (κ1) is 11.5. The Morgan fingerprint density at radius 3 is 3.00 bits per heavy atom. The van der Waals surface area contributed by atoms with Gasteiger partial charge in [0.25, 0.3) is 0 Å². The summed E-state index contributed by atoms with van der Waals surface area (Å²) < 4.78 is 17.9. The maximum Gasteiger partial charge on any atom is 0.141 e. The molecule has 1 aromatic carbocycles. The first-order valence-corrected chi connectivity index (χ1v) is 5.85. The van der Waals surface area contributed by atoms with E-state index >= 15 is 0 Å². The summed E-state index contributed by atoms with van der Waals surface area (Å²) in [5.41, 5.74) is 1.68. The van der Waals surface area contributed by atoms with Crippen molar-refractivity contribution in [2.75, 3.05) is 7.11 Å². The highest BCUT2D eigenvalue weighted by atomic mass is 35.5. The molecule has 0 aliphatic rings. The highest BCUT2D eigenvalue weighted by Gasteiger charge is 2.07. The summed E-state index contributed by atoms with van der Waals surface area (Å²) in [5, 5.41) is 2.84. The van der Waals surface area contributed by atoms with Crippen LogP contribution in [0.3, 0.4) is 0 Å². The predicted molar refractivity (Wildman–Crippen MR) is 63.2 cm³/mol. The number of nitrogens with zero attached hydrogens (tertiary/aromatic N) is 1. The van der Waals surface area contributed by atoms with Crippen molar-refractivity contribution >= 4 is 22.9 Å². The van der Waals surface area contributed by atoms with E-state index in [9.17, 15) is 4.39 Å². The fourth-order valence-corrected chi connectivity index (χ4v) is 2.26. The quantitative estimate of drug-likeness (QED) is 0.836. The van der Waals surface area contributed by atoms with Crippen LogP contribution in [0.1, 0.15) is 5.69 Å². The van der Waals surface area contributed by atoms with Crippen LogP contribution in [0.4, 0.5) is 4.39 Å². The van der Waals surface area contributed by atoms with Gasteiger partial charge in [0.2, 0.25) is 0 Å². The van der Waals surface area contributed by atoms with Gasteiger partial charge in [0, 0.05) is 18.1 Å². The number of aromatic nitrogens is 1. The van der Waals surface area contributed by atoms with Gasteiger partial charge in [-0.2, -0.15) is 0 Å². The Bertz CT molecular complexity index is 500. The first-order chi connectivity index (χ1) is 7.70. The zero-order chi connectivity index (χ0) is 11.5. The van der Waals surface area contributed by atoms with Crippen LogP contribution in [0.25, 0.3) is 10.6 Å². The van der Waals surface area contributed by atoms with Gasteiger partial charge in [-0.1, -0.05) is 11.6 Å². The van der Waals surface area contributed by atoms with Crippen LogP contribution >= 0.6 is 22.9 Å². The second-order valence-electron chi connectivity index (χ2n) is 3.21. The molecule has 1 heterocycles. The lowest BCUT2D eigenvalue weighted by atomic mass is 10.2. The van der Waals surface area contributed by atoms with Gasteiger partial charge in [-0.05, 0) is 18.2 Å². The van der Waals surface area contributed by atoms with Crippen LogP contribution < -0.4 is 0 Å². The largest absolute Gasteiger partial charge is 0.378 e. The fourth-order valence-electron chi connectivity index (χ4n) is 1.28. The van der Waals surface area contributed by atoms with Gasteiger partial charge in [-0.15, -0.1) is 11.3 Å². The molecule has 0 aliphatic carbocycles. The van der Waals surface area contributed by atoms with E-state index in [-0.39, 0.29) is 5.02 Å². The second-order valence-corrected chi connectivity index (χ2v) is 4.47. The van der Waals surface area contributed by atoms with Gasteiger partial charge in [0.1, 0.15) is 10.8 Å². The molecule has 5 heteroatoms. The van der Waals surface area contributed by atoms with Crippen LogP contribution in [-0.2, 0) is 11.3 Å². The van der Waals surface area contributed by atoms with Crippen molar-refractivity contribution in [1.82, 2.24) is 4.98 Å². The third-order valence-electron chi connectivity index (χ3n) is 2.01. The van der Waals surface area contributed by atoms with Gasteiger partial charge < -0.3 is 4.74 Å². The lowest BCUT2D eigenvalue weighted by molar-refractivity contribution is 0.182. The summed E-state index contributed by atoms with van der Waals surface area (Å²) in [6.45, 7) is 0.478. The molecule has 0 spiro atoms. The highest BCUT2D eigenvalue weighted by Crippen LogP contribution is 2.27. The molecule has 0 amide bonds. The Kier molecular flexibility index (Phi) is 3.53. The standard InChI is InChI=1S/C11H9ClFNOS/c1-15-5-8-6-16-11(14-8)7-2-3-10(13)9(12)4-7/h2-4,6H,5H2,1H3. The third-order valence-corrected chi connectivity index (χ3v) is 3.24. The second kappa shape index (κ2) is 4.91. The lowest BCUT2D eigenvalue weighted by Gasteiger charge is -1.98. The van der Waals surface area contributed by atoms with Crippen LogP contribution in [0.5, 0.6) is 0 Å². The van der Waals surface area contributed by atoms with E-state index in [4.69, 9.17) is 16.3 Å². The van der Waals surface area contributed by atoms with Crippen LogP contribution in [0.15, 0.2) is 23.6 Å². The molecule has 0 aliphatic heterocycles. The van der Waals surface area contributed by atoms with E-state index in [1.807, 2.05) is 5.38 Å². The molecule has 0 fully saturated rings. The molecule has 2 aromatic rings. The van der Waals surface area contributed by atoms with E-state index < -0.39 is 5.82 Å². The zero-order valence-electron chi connectivity index (χ0n) is 8.54.